The van der Waals surface area contributed by atoms with Crippen molar-refractivity contribution >= 4 is 44.6 Å². The quantitative estimate of drug-likeness (QED) is 0.762. The van der Waals surface area contributed by atoms with Gasteiger partial charge in [0, 0.05) is 16.3 Å². The number of nitrogens with two attached hydrogens (primary N) is 1. The minimum atomic E-state index is 0.130. The summed E-state index contributed by atoms with van der Waals surface area (Å²) in [5.74, 6) is 0.670. The van der Waals surface area contributed by atoms with Crippen molar-refractivity contribution in [3.63, 3.8) is 0 Å². The molecule has 4 rings (SSSR count). The minimum absolute atomic E-state index is 0.130. The molecule has 0 saturated heterocycles. The lowest BCUT2D eigenvalue weighted by Crippen LogP contribution is -2.34. The van der Waals surface area contributed by atoms with Gasteiger partial charge in [0.1, 0.15) is 17.0 Å². The molecule has 0 bridgehead atoms. The molecule has 0 radical (unpaired) electrons. The van der Waals surface area contributed by atoms with Crippen molar-refractivity contribution in [1.82, 2.24) is 14.9 Å². The van der Waals surface area contributed by atoms with Crippen molar-refractivity contribution in [1.29, 1.82) is 0 Å². The summed E-state index contributed by atoms with van der Waals surface area (Å²) in [6.07, 6.45) is 3.29. The zero-order valence-electron chi connectivity index (χ0n) is 13.6. The maximum absolute atomic E-state index is 12.9. The molecule has 0 spiro atoms. The fourth-order valence-corrected chi connectivity index (χ4v) is 5.55. The standard InChI is InChI=1S/C17H18N4OS2/c1-3-11-9(2)6-12(23-11)17(22)21-5-4-10-13(7-21)24-16-14(10)15(18)19-8-20-16/h6,8H,3-5,7H2,1-2H3,(H2,18,19,20). The Morgan fingerprint density at radius 3 is 2.96 bits per heavy atom. The third kappa shape index (κ3) is 2.39. The van der Waals surface area contributed by atoms with E-state index in [2.05, 4.69) is 23.8 Å². The molecular weight excluding hydrogens is 340 g/mol. The van der Waals surface area contributed by atoms with Crippen molar-refractivity contribution in [2.24, 2.45) is 0 Å². The van der Waals surface area contributed by atoms with Crippen molar-refractivity contribution in [2.75, 3.05) is 12.3 Å². The van der Waals surface area contributed by atoms with Gasteiger partial charge in [0.15, 0.2) is 0 Å². The van der Waals surface area contributed by atoms with Crippen LogP contribution in [0.4, 0.5) is 5.82 Å². The average Bonchev–Trinajstić information content (AvgIpc) is 3.14. The molecule has 0 aromatic carbocycles. The molecule has 1 aliphatic heterocycles. The highest BCUT2D eigenvalue weighted by Crippen LogP contribution is 2.37. The van der Waals surface area contributed by atoms with Crippen molar-refractivity contribution in [3.8, 4) is 0 Å². The predicted octanol–water partition coefficient (Wildman–Crippen LogP) is 3.40. The van der Waals surface area contributed by atoms with Crippen LogP contribution in [0.5, 0.6) is 0 Å². The van der Waals surface area contributed by atoms with E-state index in [9.17, 15) is 4.79 Å². The van der Waals surface area contributed by atoms with Gasteiger partial charge < -0.3 is 10.6 Å². The molecular formula is C17H18N4OS2. The van der Waals surface area contributed by atoms with Crippen LogP contribution in [-0.2, 0) is 19.4 Å². The number of hydrogen-bond acceptors (Lipinski definition) is 6. The number of amides is 1. The van der Waals surface area contributed by atoms with Crippen LogP contribution in [0, 0.1) is 6.92 Å². The van der Waals surface area contributed by atoms with E-state index in [0.29, 0.717) is 18.9 Å². The van der Waals surface area contributed by atoms with Crippen LogP contribution >= 0.6 is 22.7 Å². The normalized spacial score (nSPS) is 14.2. The van der Waals surface area contributed by atoms with Crippen molar-refractivity contribution in [3.05, 3.63) is 38.2 Å². The highest BCUT2D eigenvalue weighted by Gasteiger charge is 2.27. The molecule has 24 heavy (non-hydrogen) atoms. The number of nitrogens with zero attached hydrogens (tertiary/aromatic N) is 3. The predicted molar refractivity (Wildman–Crippen MR) is 98.7 cm³/mol. The van der Waals surface area contributed by atoms with Crippen LogP contribution in [0.25, 0.3) is 10.2 Å². The number of carbonyl (C=O) groups excluding carboxylic acids is 1. The number of aryl methyl sites for hydroxylation is 2. The lowest BCUT2D eigenvalue weighted by Gasteiger charge is -2.26. The van der Waals surface area contributed by atoms with Crippen molar-refractivity contribution in [2.45, 2.75) is 33.2 Å². The highest BCUT2D eigenvalue weighted by molar-refractivity contribution is 7.19. The minimum Gasteiger partial charge on any atom is -0.383 e. The molecule has 124 valence electrons. The molecule has 3 aromatic rings. The van der Waals surface area contributed by atoms with Crippen molar-refractivity contribution < 1.29 is 4.79 Å². The summed E-state index contributed by atoms with van der Waals surface area (Å²) in [6, 6.07) is 2.02. The molecule has 5 nitrogen and oxygen atoms in total. The number of nitrogen functional groups attached to an aromatic ring is 1. The number of fused-ring (bicyclic) bond motifs is 3. The number of anilines is 1. The molecule has 0 fully saturated rings. The lowest BCUT2D eigenvalue weighted by molar-refractivity contribution is 0.0742. The van der Waals surface area contributed by atoms with Crippen LogP contribution in [0.1, 0.15) is 37.5 Å². The fourth-order valence-electron chi connectivity index (χ4n) is 3.26. The average molecular weight is 358 g/mol. The van der Waals surface area contributed by atoms with E-state index >= 15 is 0 Å². The van der Waals surface area contributed by atoms with Crippen LogP contribution in [0.15, 0.2) is 12.4 Å². The zero-order valence-corrected chi connectivity index (χ0v) is 15.3. The summed E-state index contributed by atoms with van der Waals surface area (Å²) < 4.78 is 0. The van der Waals surface area contributed by atoms with E-state index in [1.165, 1.54) is 27.2 Å². The summed E-state index contributed by atoms with van der Waals surface area (Å²) in [7, 11) is 0. The monoisotopic (exact) mass is 358 g/mol. The number of thiophene rings is 2. The first kappa shape index (κ1) is 15.5. The first-order valence-corrected chi connectivity index (χ1v) is 9.61. The molecule has 0 unspecified atom stereocenters. The smallest absolute Gasteiger partial charge is 0.264 e. The number of aromatic nitrogens is 2. The van der Waals surface area contributed by atoms with Crippen LogP contribution in [-0.4, -0.2) is 27.3 Å². The van der Waals surface area contributed by atoms with Crippen LogP contribution in [0.3, 0.4) is 0 Å². The third-order valence-electron chi connectivity index (χ3n) is 4.51. The molecule has 2 N–H and O–H groups in total. The van der Waals surface area contributed by atoms with Gasteiger partial charge in [0.2, 0.25) is 0 Å². The maximum Gasteiger partial charge on any atom is 0.264 e. The van der Waals surface area contributed by atoms with Crippen LogP contribution < -0.4 is 5.73 Å². The van der Waals surface area contributed by atoms with Gasteiger partial charge in [-0.3, -0.25) is 4.79 Å². The van der Waals surface area contributed by atoms with Crippen LogP contribution in [0.2, 0.25) is 0 Å². The topological polar surface area (TPSA) is 72.1 Å². The second kappa shape index (κ2) is 5.82. The summed E-state index contributed by atoms with van der Waals surface area (Å²) in [5.41, 5.74) is 8.45. The Morgan fingerprint density at radius 1 is 1.38 bits per heavy atom. The number of hydrogen-bond donors (Lipinski definition) is 1. The van der Waals surface area contributed by atoms with E-state index < -0.39 is 0 Å². The van der Waals surface area contributed by atoms with E-state index in [4.69, 9.17) is 5.73 Å². The molecule has 7 heteroatoms. The first-order chi connectivity index (χ1) is 11.6. The number of carbonyl (C=O) groups is 1. The van der Waals surface area contributed by atoms with E-state index in [-0.39, 0.29) is 5.91 Å². The Balaban J connectivity index is 1.65. The molecule has 0 atom stereocenters. The zero-order chi connectivity index (χ0) is 16.8. The Morgan fingerprint density at radius 2 is 2.21 bits per heavy atom. The Bertz CT molecular complexity index is 944. The van der Waals surface area contributed by atoms with E-state index in [1.807, 2.05) is 11.0 Å². The van der Waals surface area contributed by atoms with E-state index in [0.717, 1.165) is 27.9 Å². The molecule has 0 saturated carbocycles. The Labute approximate surface area is 148 Å². The van der Waals surface area contributed by atoms with Gasteiger partial charge in [-0.1, -0.05) is 6.92 Å². The summed E-state index contributed by atoms with van der Waals surface area (Å²) in [4.78, 5) is 27.5. The maximum atomic E-state index is 12.9. The summed E-state index contributed by atoms with van der Waals surface area (Å²) in [6.45, 7) is 5.55. The van der Waals surface area contributed by atoms with Gasteiger partial charge in [-0.2, -0.15) is 0 Å². The SMILES string of the molecule is CCc1sc(C(=O)N2CCc3c(sc4ncnc(N)c34)C2)cc1C. The highest BCUT2D eigenvalue weighted by atomic mass is 32.1. The molecule has 1 aliphatic rings. The largest absolute Gasteiger partial charge is 0.383 e. The number of rotatable bonds is 2. The second-order valence-corrected chi connectivity index (χ2v) is 8.21. The molecule has 0 aliphatic carbocycles. The Kier molecular flexibility index (Phi) is 3.77. The fraction of sp³-hybridized carbons (Fsp3) is 0.353. The molecule has 3 aromatic heterocycles. The van der Waals surface area contributed by atoms with Gasteiger partial charge in [0.05, 0.1) is 16.8 Å². The third-order valence-corrected chi connectivity index (χ3v) is 7.00. The first-order valence-electron chi connectivity index (χ1n) is 7.97. The van der Waals surface area contributed by atoms with E-state index in [1.54, 1.807) is 22.7 Å². The lowest BCUT2D eigenvalue weighted by atomic mass is 10.0. The van der Waals surface area contributed by atoms with Gasteiger partial charge in [-0.25, -0.2) is 9.97 Å². The summed E-state index contributed by atoms with van der Waals surface area (Å²) in [5, 5.41) is 0.977. The second-order valence-electron chi connectivity index (χ2n) is 5.99. The van der Waals surface area contributed by atoms with Gasteiger partial charge in [-0.15, -0.1) is 22.7 Å². The molecule has 4 heterocycles. The Hall–Kier alpha value is -1.99. The molecule has 1 amide bonds. The van der Waals surface area contributed by atoms with Gasteiger partial charge >= 0.3 is 0 Å². The van der Waals surface area contributed by atoms with Gasteiger partial charge in [0.25, 0.3) is 5.91 Å². The summed E-state index contributed by atoms with van der Waals surface area (Å²) >= 11 is 3.24. The van der Waals surface area contributed by atoms with Gasteiger partial charge in [-0.05, 0) is 37.0 Å².